The second-order valence-corrected chi connectivity index (χ2v) is 3.52. The number of ether oxygens (including phenoxy) is 1. The van der Waals surface area contributed by atoms with Crippen LogP contribution in [0.1, 0.15) is 24.2 Å². The number of benzene rings is 1. The van der Waals surface area contributed by atoms with Gasteiger partial charge in [0.1, 0.15) is 0 Å². The van der Waals surface area contributed by atoms with E-state index in [1.54, 1.807) is 33.0 Å². The maximum atomic E-state index is 11.6. The SMILES string of the molecule is CNC(C)(C)OC(=O)c1ccccc1. The maximum Gasteiger partial charge on any atom is 0.339 e. The van der Waals surface area contributed by atoms with Crippen molar-refractivity contribution in [3.05, 3.63) is 35.9 Å². The Morgan fingerprint density at radius 3 is 2.36 bits per heavy atom. The van der Waals surface area contributed by atoms with Gasteiger partial charge in [-0.15, -0.1) is 0 Å². The Morgan fingerprint density at radius 1 is 1.29 bits per heavy atom. The Balaban J connectivity index is 2.69. The number of esters is 1. The van der Waals surface area contributed by atoms with Gasteiger partial charge < -0.3 is 4.74 Å². The zero-order chi connectivity index (χ0) is 10.6. The van der Waals surface area contributed by atoms with E-state index in [-0.39, 0.29) is 5.97 Å². The molecule has 0 saturated heterocycles. The first kappa shape index (κ1) is 10.7. The smallest absolute Gasteiger partial charge is 0.339 e. The van der Waals surface area contributed by atoms with E-state index in [9.17, 15) is 4.79 Å². The van der Waals surface area contributed by atoms with Crippen molar-refractivity contribution in [1.82, 2.24) is 5.32 Å². The third-order valence-corrected chi connectivity index (χ3v) is 1.96. The van der Waals surface area contributed by atoms with Gasteiger partial charge in [0.2, 0.25) is 0 Å². The monoisotopic (exact) mass is 193 g/mol. The van der Waals surface area contributed by atoms with Crippen molar-refractivity contribution in [3.8, 4) is 0 Å². The first-order valence-corrected chi connectivity index (χ1v) is 4.52. The average molecular weight is 193 g/mol. The molecule has 1 aromatic carbocycles. The Kier molecular flexibility index (Phi) is 3.25. The van der Waals surface area contributed by atoms with Crippen LogP contribution < -0.4 is 5.32 Å². The van der Waals surface area contributed by atoms with Crippen LogP contribution in [-0.4, -0.2) is 18.7 Å². The summed E-state index contributed by atoms with van der Waals surface area (Å²) in [5.41, 5.74) is -0.0664. The molecule has 0 heterocycles. The van der Waals surface area contributed by atoms with Gasteiger partial charge in [0.05, 0.1) is 5.56 Å². The van der Waals surface area contributed by atoms with E-state index < -0.39 is 5.72 Å². The molecule has 76 valence electrons. The van der Waals surface area contributed by atoms with E-state index in [1.807, 2.05) is 18.2 Å². The number of rotatable bonds is 3. The first-order chi connectivity index (χ1) is 6.55. The Labute approximate surface area is 84.1 Å². The van der Waals surface area contributed by atoms with Crippen LogP contribution in [0, 0.1) is 0 Å². The normalized spacial score (nSPS) is 11.1. The van der Waals surface area contributed by atoms with E-state index in [2.05, 4.69) is 5.32 Å². The van der Waals surface area contributed by atoms with E-state index in [4.69, 9.17) is 4.74 Å². The fraction of sp³-hybridized carbons (Fsp3) is 0.364. The third kappa shape index (κ3) is 2.85. The molecule has 0 radical (unpaired) electrons. The quantitative estimate of drug-likeness (QED) is 0.587. The highest BCUT2D eigenvalue weighted by molar-refractivity contribution is 5.89. The van der Waals surface area contributed by atoms with Crippen LogP contribution in [0.2, 0.25) is 0 Å². The fourth-order valence-corrected chi connectivity index (χ4v) is 0.916. The van der Waals surface area contributed by atoms with Crippen LogP contribution >= 0.6 is 0 Å². The number of carbonyl (C=O) groups is 1. The van der Waals surface area contributed by atoms with Gasteiger partial charge >= 0.3 is 5.97 Å². The summed E-state index contributed by atoms with van der Waals surface area (Å²) < 4.78 is 5.22. The maximum absolute atomic E-state index is 11.6. The largest absolute Gasteiger partial charge is 0.441 e. The fourth-order valence-electron chi connectivity index (χ4n) is 0.916. The zero-order valence-electron chi connectivity index (χ0n) is 8.70. The summed E-state index contributed by atoms with van der Waals surface area (Å²) in [7, 11) is 1.75. The van der Waals surface area contributed by atoms with E-state index in [1.165, 1.54) is 0 Å². The lowest BCUT2D eigenvalue weighted by Gasteiger charge is -2.24. The highest BCUT2D eigenvalue weighted by atomic mass is 16.6. The van der Waals surface area contributed by atoms with Crippen LogP contribution in [0.5, 0.6) is 0 Å². The first-order valence-electron chi connectivity index (χ1n) is 4.52. The summed E-state index contributed by atoms with van der Waals surface area (Å²) in [6.45, 7) is 3.60. The molecule has 0 saturated carbocycles. The molecule has 0 aliphatic carbocycles. The van der Waals surface area contributed by atoms with Gasteiger partial charge in [-0.2, -0.15) is 0 Å². The van der Waals surface area contributed by atoms with Crippen molar-refractivity contribution in [2.24, 2.45) is 0 Å². The molecule has 0 fully saturated rings. The zero-order valence-corrected chi connectivity index (χ0v) is 8.70. The van der Waals surface area contributed by atoms with E-state index in [0.29, 0.717) is 5.56 Å². The average Bonchev–Trinajstić information content (AvgIpc) is 2.19. The van der Waals surface area contributed by atoms with Gasteiger partial charge in [-0.05, 0) is 33.0 Å². The predicted molar refractivity (Wildman–Crippen MR) is 55.0 cm³/mol. The Morgan fingerprint density at radius 2 is 1.86 bits per heavy atom. The molecule has 1 aromatic rings. The third-order valence-electron chi connectivity index (χ3n) is 1.96. The highest BCUT2D eigenvalue weighted by Crippen LogP contribution is 2.09. The standard InChI is InChI=1S/C11H15NO2/c1-11(2,12-3)14-10(13)9-7-5-4-6-8-9/h4-8,12H,1-3H3. The lowest BCUT2D eigenvalue weighted by Crippen LogP contribution is -2.41. The van der Waals surface area contributed by atoms with Gasteiger partial charge in [-0.25, -0.2) is 4.79 Å². The van der Waals surface area contributed by atoms with Crippen molar-refractivity contribution in [3.63, 3.8) is 0 Å². The minimum atomic E-state index is -0.632. The topological polar surface area (TPSA) is 38.3 Å². The van der Waals surface area contributed by atoms with Crippen LogP contribution in [0.4, 0.5) is 0 Å². The Bertz CT molecular complexity index is 306. The molecule has 0 aliphatic heterocycles. The van der Waals surface area contributed by atoms with Crippen molar-refractivity contribution >= 4 is 5.97 Å². The second-order valence-electron chi connectivity index (χ2n) is 3.52. The van der Waals surface area contributed by atoms with Gasteiger partial charge in [-0.3, -0.25) is 5.32 Å². The summed E-state index contributed by atoms with van der Waals surface area (Å²) in [6.07, 6.45) is 0. The summed E-state index contributed by atoms with van der Waals surface area (Å²) in [6, 6.07) is 8.94. The minimum Gasteiger partial charge on any atom is -0.441 e. The molecule has 3 heteroatoms. The number of hydrogen-bond donors (Lipinski definition) is 1. The molecule has 1 N–H and O–H groups in total. The van der Waals surface area contributed by atoms with Gasteiger partial charge in [0.25, 0.3) is 0 Å². The molecule has 0 aromatic heterocycles. The van der Waals surface area contributed by atoms with E-state index in [0.717, 1.165) is 0 Å². The molecule has 0 unspecified atom stereocenters. The molecule has 0 bridgehead atoms. The minimum absolute atomic E-state index is 0.315. The molecule has 1 rings (SSSR count). The summed E-state index contributed by atoms with van der Waals surface area (Å²) >= 11 is 0. The van der Waals surface area contributed by atoms with Crippen LogP contribution in [0.3, 0.4) is 0 Å². The van der Waals surface area contributed by atoms with Crippen molar-refractivity contribution in [1.29, 1.82) is 0 Å². The van der Waals surface area contributed by atoms with Crippen molar-refractivity contribution in [2.75, 3.05) is 7.05 Å². The van der Waals surface area contributed by atoms with Gasteiger partial charge in [0.15, 0.2) is 5.72 Å². The number of nitrogens with one attached hydrogen (secondary N) is 1. The van der Waals surface area contributed by atoms with Crippen LogP contribution in [0.15, 0.2) is 30.3 Å². The van der Waals surface area contributed by atoms with Crippen molar-refractivity contribution in [2.45, 2.75) is 19.6 Å². The molecule has 0 spiro atoms. The highest BCUT2D eigenvalue weighted by Gasteiger charge is 2.20. The predicted octanol–water partition coefficient (Wildman–Crippen LogP) is 1.80. The summed E-state index contributed by atoms with van der Waals surface area (Å²) in [4.78, 5) is 11.6. The summed E-state index contributed by atoms with van der Waals surface area (Å²) in [5.74, 6) is -0.315. The van der Waals surface area contributed by atoms with Crippen molar-refractivity contribution < 1.29 is 9.53 Å². The number of carbonyl (C=O) groups excluding carboxylic acids is 1. The molecule has 0 aliphatic rings. The molecular weight excluding hydrogens is 178 g/mol. The van der Waals surface area contributed by atoms with Crippen LogP contribution in [0.25, 0.3) is 0 Å². The Hall–Kier alpha value is -1.35. The molecule has 14 heavy (non-hydrogen) atoms. The lowest BCUT2D eigenvalue weighted by atomic mass is 10.2. The molecular formula is C11H15NO2. The molecule has 0 atom stereocenters. The number of hydrogen-bond acceptors (Lipinski definition) is 3. The molecule has 0 amide bonds. The second kappa shape index (κ2) is 4.24. The lowest BCUT2D eigenvalue weighted by molar-refractivity contribution is -0.0132. The van der Waals surface area contributed by atoms with Gasteiger partial charge in [-0.1, -0.05) is 18.2 Å². The summed E-state index contributed by atoms with van der Waals surface area (Å²) in [5, 5.41) is 2.90. The molecule has 3 nitrogen and oxygen atoms in total. The van der Waals surface area contributed by atoms with E-state index >= 15 is 0 Å². The van der Waals surface area contributed by atoms with Gasteiger partial charge in [0, 0.05) is 0 Å². The van der Waals surface area contributed by atoms with Crippen LogP contribution in [-0.2, 0) is 4.74 Å².